The Kier molecular flexibility index (Phi) is 6.71. The van der Waals surface area contributed by atoms with Crippen LogP contribution in [-0.4, -0.2) is 10.7 Å². The minimum Gasteiger partial charge on any atom is -0.482 e. The Morgan fingerprint density at radius 1 is 0.788 bits per heavy atom. The molecule has 162 valence electrons. The molecule has 4 aromatic rings. The highest BCUT2D eigenvalue weighted by Crippen LogP contribution is 2.31. The SMILES string of the molecule is O=C(/C(=C\c1ccccc1)c1ccccc1)c1ccc([N+](=O)[O-])c(OCc2ccccc2)c1. The second-order valence-electron chi connectivity index (χ2n) is 7.38. The number of ketones is 1. The Labute approximate surface area is 191 Å². The van der Waals surface area contributed by atoms with Gasteiger partial charge in [0.25, 0.3) is 0 Å². The maximum atomic E-state index is 13.6. The molecule has 0 aromatic heterocycles. The van der Waals surface area contributed by atoms with Gasteiger partial charge in [0.15, 0.2) is 11.5 Å². The van der Waals surface area contributed by atoms with Gasteiger partial charge >= 0.3 is 5.69 Å². The summed E-state index contributed by atoms with van der Waals surface area (Å²) in [6.07, 6.45) is 1.82. The molecule has 0 saturated carbocycles. The highest BCUT2D eigenvalue weighted by Gasteiger charge is 2.21. The van der Waals surface area contributed by atoms with Crippen molar-refractivity contribution in [1.29, 1.82) is 0 Å². The fraction of sp³-hybridized carbons (Fsp3) is 0.0357. The van der Waals surface area contributed by atoms with Crippen LogP contribution in [0, 0.1) is 10.1 Å². The van der Waals surface area contributed by atoms with Crippen molar-refractivity contribution in [3.8, 4) is 5.75 Å². The number of Topliss-reactive ketones (excluding diaryl/α,β-unsaturated/α-hetero) is 1. The van der Waals surface area contributed by atoms with Crippen LogP contribution in [0.5, 0.6) is 5.75 Å². The second kappa shape index (κ2) is 10.2. The Bertz CT molecular complexity index is 1280. The van der Waals surface area contributed by atoms with Crippen LogP contribution in [-0.2, 0) is 6.61 Å². The van der Waals surface area contributed by atoms with E-state index in [0.717, 1.165) is 16.7 Å². The molecule has 0 atom stereocenters. The van der Waals surface area contributed by atoms with E-state index < -0.39 is 4.92 Å². The van der Waals surface area contributed by atoms with Crippen LogP contribution >= 0.6 is 0 Å². The van der Waals surface area contributed by atoms with Crippen molar-refractivity contribution < 1.29 is 14.5 Å². The molecule has 0 aliphatic rings. The van der Waals surface area contributed by atoms with Gasteiger partial charge < -0.3 is 4.74 Å². The molecule has 33 heavy (non-hydrogen) atoms. The molecule has 0 bridgehead atoms. The zero-order chi connectivity index (χ0) is 23.0. The quantitative estimate of drug-likeness (QED) is 0.103. The van der Waals surface area contributed by atoms with Crippen molar-refractivity contribution in [2.45, 2.75) is 6.61 Å². The van der Waals surface area contributed by atoms with Crippen LogP contribution in [0.3, 0.4) is 0 Å². The second-order valence-corrected chi connectivity index (χ2v) is 7.38. The predicted molar refractivity (Wildman–Crippen MR) is 129 cm³/mol. The molecular weight excluding hydrogens is 414 g/mol. The first-order valence-corrected chi connectivity index (χ1v) is 10.4. The number of ether oxygens (including phenoxy) is 1. The minimum absolute atomic E-state index is 0.0572. The van der Waals surface area contributed by atoms with Gasteiger partial charge in [-0.05, 0) is 34.9 Å². The van der Waals surface area contributed by atoms with E-state index in [-0.39, 0.29) is 23.8 Å². The van der Waals surface area contributed by atoms with Crippen LogP contribution in [0.1, 0.15) is 27.0 Å². The lowest BCUT2D eigenvalue weighted by molar-refractivity contribution is -0.385. The topological polar surface area (TPSA) is 69.4 Å². The Morgan fingerprint density at radius 2 is 1.39 bits per heavy atom. The van der Waals surface area contributed by atoms with Crippen LogP contribution in [0.25, 0.3) is 11.6 Å². The van der Waals surface area contributed by atoms with Crippen molar-refractivity contribution in [1.82, 2.24) is 0 Å². The van der Waals surface area contributed by atoms with Crippen LogP contribution in [0.2, 0.25) is 0 Å². The standard InChI is InChI=1S/C28H21NO4/c30-28(25(23-14-8-3-9-15-23)18-21-10-4-1-5-11-21)24-16-17-26(29(31)32)27(19-24)33-20-22-12-6-2-7-13-22/h1-19H,20H2/b25-18-. The first-order valence-electron chi connectivity index (χ1n) is 10.4. The van der Waals surface area contributed by atoms with Crippen LogP contribution in [0.4, 0.5) is 5.69 Å². The normalized spacial score (nSPS) is 11.1. The zero-order valence-electron chi connectivity index (χ0n) is 17.8. The van der Waals surface area contributed by atoms with Crippen molar-refractivity contribution in [3.05, 3.63) is 142 Å². The summed E-state index contributed by atoms with van der Waals surface area (Å²) in [5, 5.41) is 11.5. The maximum Gasteiger partial charge on any atom is 0.310 e. The molecule has 0 unspecified atom stereocenters. The first-order chi connectivity index (χ1) is 16.1. The van der Waals surface area contributed by atoms with Crippen molar-refractivity contribution in [3.63, 3.8) is 0 Å². The summed E-state index contributed by atoms with van der Waals surface area (Å²) in [7, 11) is 0. The molecule has 0 aliphatic heterocycles. The van der Waals surface area contributed by atoms with Gasteiger partial charge in [-0.3, -0.25) is 14.9 Å². The molecule has 0 aliphatic carbocycles. The summed E-state index contributed by atoms with van der Waals surface area (Å²) in [6.45, 7) is 0.157. The number of nitro groups is 1. The Hall–Kier alpha value is -4.51. The largest absolute Gasteiger partial charge is 0.482 e. The number of rotatable bonds is 8. The minimum atomic E-state index is -0.507. The Balaban J connectivity index is 1.72. The summed E-state index contributed by atoms with van der Waals surface area (Å²) in [4.78, 5) is 24.6. The first kappa shape index (κ1) is 21.7. The van der Waals surface area contributed by atoms with Gasteiger partial charge in [0.05, 0.1) is 4.92 Å². The number of carbonyl (C=O) groups excluding carboxylic acids is 1. The molecule has 0 radical (unpaired) electrons. The monoisotopic (exact) mass is 435 g/mol. The lowest BCUT2D eigenvalue weighted by atomic mass is 9.94. The number of nitrogens with zero attached hydrogens (tertiary/aromatic N) is 1. The molecule has 0 spiro atoms. The molecule has 0 heterocycles. The van der Waals surface area contributed by atoms with Crippen molar-refractivity contribution >= 4 is 23.1 Å². The van der Waals surface area contributed by atoms with Gasteiger partial charge in [0, 0.05) is 17.2 Å². The number of hydrogen-bond donors (Lipinski definition) is 0. The fourth-order valence-corrected chi connectivity index (χ4v) is 3.43. The van der Waals surface area contributed by atoms with E-state index in [1.807, 2.05) is 97.1 Å². The van der Waals surface area contributed by atoms with E-state index in [1.54, 1.807) is 0 Å². The molecule has 0 fully saturated rings. The molecule has 0 saturated heterocycles. The number of nitro benzene ring substituents is 1. The van der Waals surface area contributed by atoms with E-state index in [4.69, 9.17) is 4.74 Å². The van der Waals surface area contributed by atoms with Gasteiger partial charge in [-0.2, -0.15) is 0 Å². The third-order valence-corrected chi connectivity index (χ3v) is 5.10. The molecular formula is C28H21NO4. The Morgan fingerprint density at radius 3 is 2.03 bits per heavy atom. The smallest absolute Gasteiger partial charge is 0.310 e. The average molecular weight is 435 g/mol. The van der Waals surface area contributed by atoms with E-state index in [1.165, 1.54) is 18.2 Å². The van der Waals surface area contributed by atoms with E-state index in [0.29, 0.717) is 11.1 Å². The number of benzene rings is 4. The van der Waals surface area contributed by atoms with Gasteiger partial charge in [-0.15, -0.1) is 0 Å². The molecule has 4 rings (SSSR count). The number of allylic oxidation sites excluding steroid dienone is 1. The predicted octanol–water partition coefficient (Wildman–Crippen LogP) is 6.60. The third kappa shape index (κ3) is 5.40. The number of carbonyl (C=O) groups is 1. The summed E-state index contributed by atoms with van der Waals surface area (Å²) in [5.41, 5.74) is 3.14. The summed E-state index contributed by atoms with van der Waals surface area (Å²) >= 11 is 0. The summed E-state index contributed by atoms with van der Waals surface area (Å²) < 4.78 is 5.77. The van der Waals surface area contributed by atoms with Gasteiger partial charge in [-0.25, -0.2) is 0 Å². The van der Waals surface area contributed by atoms with Gasteiger partial charge in [-0.1, -0.05) is 91.0 Å². The molecule has 5 nitrogen and oxygen atoms in total. The van der Waals surface area contributed by atoms with E-state index in [9.17, 15) is 14.9 Å². The van der Waals surface area contributed by atoms with Crippen LogP contribution < -0.4 is 4.74 Å². The zero-order valence-corrected chi connectivity index (χ0v) is 17.8. The van der Waals surface area contributed by atoms with Crippen LogP contribution in [0.15, 0.2) is 109 Å². The molecule has 0 N–H and O–H groups in total. The van der Waals surface area contributed by atoms with Gasteiger partial charge in [0.2, 0.25) is 0 Å². The van der Waals surface area contributed by atoms with E-state index in [2.05, 4.69) is 0 Å². The summed E-state index contributed by atoms with van der Waals surface area (Å²) in [5.74, 6) is -0.189. The average Bonchev–Trinajstić information content (AvgIpc) is 2.87. The molecule has 4 aromatic carbocycles. The third-order valence-electron chi connectivity index (χ3n) is 5.10. The van der Waals surface area contributed by atoms with E-state index >= 15 is 0 Å². The highest BCUT2D eigenvalue weighted by molar-refractivity contribution is 6.32. The van der Waals surface area contributed by atoms with Crippen molar-refractivity contribution in [2.75, 3.05) is 0 Å². The fourth-order valence-electron chi connectivity index (χ4n) is 3.43. The van der Waals surface area contributed by atoms with Crippen molar-refractivity contribution in [2.24, 2.45) is 0 Å². The van der Waals surface area contributed by atoms with Gasteiger partial charge in [0.1, 0.15) is 6.61 Å². The highest BCUT2D eigenvalue weighted by atomic mass is 16.6. The lowest BCUT2D eigenvalue weighted by Crippen LogP contribution is -2.05. The lowest BCUT2D eigenvalue weighted by Gasteiger charge is -2.11. The number of hydrogen-bond acceptors (Lipinski definition) is 4. The maximum absolute atomic E-state index is 13.6. The molecule has 0 amide bonds. The molecule has 5 heteroatoms. The summed E-state index contributed by atoms with van der Waals surface area (Å²) in [6, 6.07) is 32.5.